The van der Waals surface area contributed by atoms with E-state index in [-0.39, 0.29) is 24.1 Å². The molecule has 120 valence electrons. The first-order chi connectivity index (χ1) is 10.3. The van der Waals surface area contributed by atoms with E-state index in [2.05, 4.69) is 4.72 Å². The summed E-state index contributed by atoms with van der Waals surface area (Å²) in [6.45, 7) is 0.807. The molecular formula is C14H18N2O5S. The lowest BCUT2D eigenvalue weighted by Crippen LogP contribution is -2.49. The van der Waals surface area contributed by atoms with E-state index in [0.717, 1.165) is 6.26 Å². The maximum absolute atomic E-state index is 12.4. The summed E-state index contributed by atoms with van der Waals surface area (Å²) < 4.78 is 25.1. The van der Waals surface area contributed by atoms with Crippen LogP contribution in [0, 0.1) is 0 Å². The van der Waals surface area contributed by atoms with E-state index in [1.807, 2.05) is 0 Å². The molecule has 7 nitrogen and oxygen atoms in total. The van der Waals surface area contributed by atoms with E-state index in [1.165, 1.54) is 18.2 Å². The van der Waals surface area contributed by atoms with Crippen molar-refractivity contribution in [2.24, 2.45) is 0 Å². The first-order valence-corrected chi connectivity index (χ1v) is 8.75. The van der Waals surface area contributed by atoms with Crippen LogP contribution in [0.1, 0.15) is 33.6 Å². The third-order valence-electron chi connectivity index (χ3n) is 3.45. The first kappa shape index (κ1) is 16.4. The molecule has 1 atom stereocenters. The molecule has 22 heavy (non-hydrogen) atoms. The number of amides is 1. The summed E-state index contributed by atoms with van der Waals surface area (Å²) in [5.41, 5.74) is 0.341. The molecule has 0 spiro atoms. The van der Waals surface area contributed by atoms with E-state index in [9.17, 15) is 18.0 Å². The summed E-state index contributed by atoms with van der Waals surface area (Å²) in [5.74, 6) is -1.38. The number of benzene rings is 1. The van der Waals surface area contributed by atoms with Crippen LogP contribution in [0.5, 0.6) is 0 Å². The van der Waals surface area contributed by atoms with E-state index >= 15 is 0 Å². The second-order valence-electron chi connectivity index (χ2n) is 5.37. The molecular weight excluding hydrogens is 308 g/mol. The highest BCUT2D eigenvalue weighted by molar-refractivity contribution is 7.88. The number of hydrogen-bond donors (Lipinski definition) is 2. The molecule has 1 saturated heterocycles. The van der Waals surface area contributed by atoms with Crippen LogP contribution in [-0.4, -0.2) is 55.7 Å². The number of carboxylic acids is 1. The molecule has 0 bridgehead atoms. The quantitative estimate of drug-likeness (QED) is 0.840. The van der Waals surface area contributed by atoms with Crippen molar-refractivity contribution in [2.75, 3.05) is 19.3 Å². The van der Waals surface area contributed by atoms with Crippen LogP contribution in [0.25, 0.3) is 0 Å². The number of sulfonamides is 1. The average Bonchev–Trinajstić information content (AvgIpc) is 2.45. The van der Waals surface area contributed by atoms with Gasteiger partial charge in [0.1, 0.15) is 0 Å². The lowest BCUT2D eigenvalue weighted by Gasteiger charge is -2.32. The Morgan fingerprint density at radius 1 is 1.32 bits per heavy atom. The van der Waals surface area contributed by atoms with Crippen molar-refractivity contribution in [3.63, 3.8) is 0 Å². The first-order valence-electron chi connectivity index (χ1n) is 6.86. The van der Waals surface area contributed by atoms with E-state index in [4.69, 9.17) is 5.11 Å². The number of nitrogens with one attached hydrogen (secondary N) is 1. The molecule has 1 unspecified atom stereocenters. The molecule has 2 N–H and O–H groups in total. The van der Waals surface area contributed by atoms with Crippen LogP contribution in [0.2, 0.25) is 0 Å². The number of rotatable bonds is 4. The fourth-order valence-electron chi connectivity index (χ4n) is 2.53. The molecule has 8 heteroatoms. The molecule has 1 aliphatic rings. The molecule has 0 radical (unpaired) electrons. The zero-order valence-corrected chi connectivity index (χ0v) is 13.0. The van der Waals surface area contributed by atoms with Crippen LogP contribution >= 0.6 is 0 Å². The highest BCUT2D eigenvalue weighted by atomic mass is 32.2. The predicted molar refractivity (Wildman–Crippen MR) is 80.3 cm³/mol. The summed E-state index contributed by atoms with van der Waals surface area (Å²) in [7, 11) is -3.32. The molecule has 1 amide bonds. The Bertz CT molecular complexity index is 686. The van der Waals surface area contributed by atoms with Gasteiger partial charge in [-0.2, -0.15) is 0 Å². The molecule has 1 aromatic carbocycles. The van der Waals surface area contributed by atoms with Crippen LogP contribution in [0.3, 0.4) is 0 Å². The molecule has 1 aliphatic heterocycles. The summed E-state index contributed by atoms with van der Waals surface area (Å²) in [4.78, 5) is 24.9. The van der Waals surface area contributed by atoms with E-state index in [0.29, 0.717) is 24.9 Å². The lowest BCUT2D eigenvalue weighted by atomic mass is 10.0. The summed E-state index contributed by atoms with van der Waals surface area (Å²) in [6, 6.07) is 5.52. The highest BCUT2D eigenvalue weighted by Crippen LogP contribution is 2.15. The maximum Gasteiger partial charge on any atom is 0.335 e. The number of carboxylic acid groups (broad SMARTS) is 1. The van der Waals surface area contributed by atoms with Gasteiger partial charge >= 0.3 is 5.97 Å². The average molecular weight is 326 g/mol. The molecule has 0 aromatic heterocycles. The van der Waals surface area contributed by atoms with Crippen molar-refractivity contribution < 1.29 is 23.1 Å². The minimum Gasteiger partial charge on any atom is -0.478 e. The molecule has 1 fully saturated rings. The van der Waals surface area contributed by atoms with Crippen LogP contribution < -0.4 is 4.72 Å². The SMILES string of the molecule is CS(=O)(=O)NC1CCCN(C(=O)c2cccc(C(=O)O)c2)C1. The lowest BCUT2D eigenvalue weighted by molar-refractivity contribution is 0.0696. The number of carbonyl (C=O) groups is 2. The largest absolute Gasteiger partial charge is 0.478 e. The van der Waals surface area contributed by atoms with Crippen molar-refractivity contribution >= 4 is 21.9 Å². The number of piperidine rings is 1. The second kappa shape index (κ2) is 6.45. The monoisotopic (exact) mass is 326 g/mol. The zero-order valence-electron chi connectivity index (χ0n) is 12.2. The highest BCUT2D eigenvalue weighted by Gasteiger charge is 2.26. The Balaban J connectivity index is 2.12. The topological polar surface area (TPSA) is 104 Å². The van der Waals surface area contributed by atoms with Gasteiger partial charge in [-0.05, 0) is 31.0 Å². The van der Waals surface area contributed by atoms with Crippen LogP contribution in [-0.2, 0) is 10.0 Å². The number of nitrogens with zero attached hydrogens (tertiary/aromatic N) is 1. The Kier molecular flexibility index (Phi) is 4.82. The predicted octanol–water partition coefficient (Wildman–Crippen LogP) is 0.539. The van der Waals surface area contributed by atoms with Gasteiger partial charge in [0.2, 0.25) is 10.0 Å². The Labute approximate surface area is 129 Å². The number of aromatic carboxylic acids is 1. The summed E-state index contributed by atoms with van der Waals surface area (Å²) in [6.07, 6.45) is 2.45. The van der Waals surface area contributed by atoms with E-state index < -0.39 is 16.0 Å². The van der Waals surface area contributed by atoms with E-state index in [1.54, 1.807) is 11.0 Å². The van der Waals surface area contributed by atoms with Crippen LogP contribution in [0.15, 0.2) is 24.3 Å². The van der Waals surface area contributed by atoms with Crippen molar-refractivity contribution in [3.05, 3.63) is 35.4 Å². The van der Waals surface area contributed by atoms with Gasteiger partial charge in [-0.15, -0.1) is 0 Å². The summed E-state index contributed by atoms with van der Waals surface area (Å²) in [5, 5.41) is 8.97. The fraction of sp³-hybridized carbons (Fsp3) is 0.429. The minimum atomic E-state index is -3.32. The van der Waals surface area contributed by atoms with Gasteiger partial charge in [-0.1, -0.05) is 6.07 Å². The zero-order chi connectivity index (χ0) is 16.3. The fourth-order valence-corrected chi connectivity index (χ4v) is 3.33. The van der Waals surface area contributed by atoms with Gasteiger partial charge in [0, 0.05) is 24.7 Å². The number of likely N-dealkylation sites (tertiary alicyclic amines) is 1. The van der Waals surface area contributed by atoms with Crippen molar-refractivity contribution in [1.82, 2.24) is 9.62 Å². The molecule has 0 aliphatic carbocycles. The van der Waals surface area contributed by atoms with Gasteiger partial charge in [0.05, 0.1) is 11.8 Å². The third kappa shape index (κ3) is 4.28. The Morgan fingerprint density at radius 2 is 2.00 bits per heavy atom. The second-order valence-corrected chi connectivity index (χ2v) is 7.15. The Morgan fingerprint density at radius 3 is 2.64 bits per heavy atom. The maximum atomic E-state index is 12.4. The van der Waals surface area contributed by atoms with Gasteiger partial charge in [0.25, 0.3) is 5.91 Å². The van der Waals surface area contributed by atoms with Gasteiger partial charge < -0.3 is 10.0 Å². The number of hydrogen-bond acceptors (Lipinski definition) is 4. The normalized spacial score (nSPS) is 19.0. The molecule has 0 saturated carbocycles. The van der Waals surface area contributed by atoms with Gasteiger partial charge in [-0.25, -0.2) is 17.9 Å². The number of carbonyl (C=O) groups excluding carboxylic acids is 1. The van der Waals surface area contributed by atoms with Crippen molar-refractivity contribution in [2.45, 2.75) is 18.9 Å². The molecule has 1 aromatic rings. The standard InChI is InChI=1S/C14H18N2O5S/c1-22(20,21)15-12-6-3-7-16(9-12)13(17)10-4-2-5-11(8-10)14(18)19/h2,4-5,8,12,15H,3,6-7,9H2,1H3,(H,18,19). The van der Waals surface area contributed by atoms with Gasteiger partial charge in [-0.3, -0.25) is 4.79 Å². The Hall–Kier alpha value is -1.93. The third-order valence-corrected chi connectivity index (χ3v) is 4.21. The molecule has 1 heterocycles. The van der Waals surface area contributed by atoms with Crippen molar-refractivity contribution in [1.29, 1.82) is 0 Å². The summed E-state index contributed by atoms with van der Waals surface area (Å²) >= 11 is 0. The van der Waals surface area contributed by atoms with Crippen molar-refractivity contribution in [3.8, 4) is 0 Å². The molecule has 2 rings (SSSR count). The van der Waals surface area contributed by atoms with Gasteiger partial charge in [0.15, 0.2) is 0 Å². The smallest absolute Gasteiger partial charge is 0.335 e. The van der Waals surface area contributed by atoms with Crippen LogP contribution in [0.4, 0.5) is 0 Å². The minimum absolute atomic E-state index is 0.0497.